The van der Waals surface area contributed by atoms with Crippen molar-refractivity contribution in [1.82, 2.24) is 34.1 Å². The maximum absolute atomic E-state index is 12.9. The van der Waals surface area contributed by atoms with Crippen LogP contribution in [0.1, 0.15) is 28.9 Å². The van der Waals surface area contributed by atoms with Crippen molar-refractivity contribution in [3.05, 3.63) is 87.7 Å². The van der Waals surface area contributed by atoms with Crippen LogP contribution in [-0.2, 0) is 0 Å². The Morgan fingerprint density at radius 2 is 2.06 bits per heavy atom. The van der Waals surface area contributed by atoms with E-state index in [9.17, 15) is 14.7 Å². The van der Waals surface area contributed by atoms with E-state index in [-0.39, 0.29) is 23.5 Å². The fourth-order valence-electron chi connectivity index (χ4n) is 3.65. The number of imidazole rings is 2. The topological polar surface area (TPSA) is 158 Å². The zero-order valence-corrected chi connectivity index (χ0v) is 18.2. The van der Waals surface area contributed by atoms with Gasteiger partial charge < -0.3 is 20.0 Å². The summed E-state index contributed by atoms with van der Waals surface area (Å²) in [4.78, 5) is 42.5. The van der Waals surface area contributed by atoms with Gasteiger partial charge in [-0.2, -0.15) is 9.61 Å². The molecule has 12 heteroatoms. The van der Waals surface area contributed by atoms with Crippen molar-refractivity contribution in [2.24, 2.45) is 4.99 Å². The lowest BCUT2D eigenvalue weighted by Crippen LogP contribution is -2.22. The van der Waals surface area contributed by atoms with Crippen molar-refractivity contribution >= 4 is 23.4 Å². The summed E-state index contributed by atoms with van der Waals surface area (Å²) >= 11 is 0. The molecule has 0 radical (unpaired) electrons. The molecule has 1 aliphatic carbocycles. The van der Waals surface area contributed by atoms with E-state index in [1.54, 1.807) is 47.5 Å². The van der Waals surface area contributed by atoms with Crippen LogP contribution < -0.4 is 21.7 Å². The molecule has 174 valence electrons. The van der Waals surface area contributed by atoms with Crippen LogP contribution in [0.5, 0.6) is 5.88 Å². The quantitative estimate of drug-likeness (QED) is 0.293. The Morgan fingerprint density at radius 3 is 2.74 bits per heavy atom. The van der Waals surface area contributed by atoms with E-state index in [0.717, 1.165) is 18.5 Å². The molecule has 4 aromatic heterocycles. The number of H-pyrrole nitrogens is 2. The lowest BCUT2D eigenvalue weighted by Gasteiger charge is -2.07. The van der Waals surface area contributed by atoms with E-state index in [1.165, 1.54) is 0 Å². The molecule has 0 atom stereocenters. The summed E-state index contributed by atoms with van der Waals surface area (Å²) in [7, 11) is 0. The average Bonchev–Trinajstić information content (AvgIpc) is 3.20. The van der Waals surface area contributed by atoms with E-state index in [0.29, 0.717) is 27.7 Å². The molecule has 0 unspecified atom stereocenters. The summed E-state index contributed by atoms with van der Waals surface area (Å²) in [5, 5.41) is 17.7. The monoisotopic (exact) mass is 469 g/mol. The summed E-state index contributed by atoms with van der Waals surface area (Å²) in [5.74, 6) is -0.308. The Hall–Kier alpha value is -5.00. The van der Waals surface area contributed by atoms with Crippen LogP contribution in [0.3, 0.4) is 0 Å². The predicted molar refractivity (Wildman–Crippen MR) is 125 cm³/mol. The lowest BCUT2D eigenvalue weighted by molar-refractivity contribution is 0.102. The van der Waals surface area contributed by atoms with E-state index >= 15 is 0 Å². The minimum atomic E-state index is -0.533. The van der Waals surface area contributed by atoms with Crippen molar-refractivity contribution in [3.63, 3.8) is 0 Å². The maximum atomic E-state index is 12.9. The van der Waals surface area contributed by atoms with Crippen molar-refractivity contribution < 1.29 is 9.90 Å². The van der Waals surface area contributed by atoms with Crippen LogP contribution in [-0.4, -0.2) is 51.2 Å². The molecule has 4 heterocycles. The van der Waals surface area contributed by atoms with Gasteiger partial charge in [0.2, 0.25) is 5.88 Å². The number of aromatic nitrogens is 7. The second-order valence-corrected chi connectivity index (χ2v) is 8.15. The first-order valence-electron chi connectivity index (χ1n) is 10.9. The Balaban J connectivity index is 1.38. The van der Waals surface area contributed by atoms with Gasteiger partial charge in [-0.1, -0.05) is 0 Å². The highest BCUT2D eigenvalue weighted by molar-refractivity contribution is 6.03. The van der Waals surface area contributed by atoms with Gasteiger partial charge in [-0.15, -0.1) is 0 Å². The van der Waals surface area contributed by atoms with Crippen molar-refractivity contribution in [2.75, 3.05) is 5.32 Å². The standard InChI is InChI=1S/C23H19N9O3/c33-21(13-1-5-16(6-2-13)31-8-7-24-12-31)29-18-10-19(26-15-3-4-15)32-20(28-18)14(11-25-32)9-17-22(34)30-23(35)27-17/h1-2,5-12,15,34H,3-4H2,(H,29,33)(H2,27,30,35). The molecule has 0 aliphatic heterocycles. The van der Waals surface area contributed by atoms with Crippen LogP contribution in [0, 0.1) is 0 Å². The Kier molecular flexibility index (Phi) is 4.76. The summed E-state index contributed by atoms with van der Waals surface area (Å²) in [5.41, 5.74) is 1.98. The smallest absolute Gasteiger partial charge is 0.326 e. The van der Waals surface area contributed by atoms with Crippen molar-refractivity contribution in [3.8, 4) is 11.6 Å². The maximum Gasteiger partial charge on any atom is 0.326 e. The number of aromatic amines is 2. The highest BCUT2D eigenvalue weighted by Crippen LogP contribution is 2.22. The first kappa shape index (κ1) is 20.6. The number of aromatic hydroxyl groups is 1. The van der Waals surface area contributed by atoms with E-state index in [4.69, 9.17) is 4.99 Å². The molecule has 0 saturated heterocycles. The zero-order chi connectivity index (χ0) is 23.9. The van der Waals surface area contributed by atoms with E-state index < -0.39 is 5.69 Å². The van der Waals surface area contributed by atoms with Gasteiger partial charge in [-0.25, -0.2) is 14.8 Å². The van der Waals surface area contributed by atoms with Gasteiger partial charge in [0, 0.05) is 34.9 Å². The molecule has 1 saturated carbocycles. The minimum Gasteiger partial charge on any atom is -0.493 e. The number of carbonyl (C=O) groups is 1. The summed E-state index contributed by atoms with van der Waals surface area (Å²) < 4.78 is 3.41. The number of anilines is 1. The first-order chi connectivity index (χ1) is 17.0. The van der Waals surface area contributed by atoms with Gasteiger partial charge in [-0.05, 0) is 43.2 Å². The first-order valence-corrected chi connectivity index (χ1v) is 10.9. The van der Waals surface area contributed by atoms with Crippen LogP contribution in [0.15, 0.2) is 65.0 Å². The fraction of sp³-hybridized carbons (Fsp3) is 0.130. The molecule has 5 aromatic rings. The number of amides is 1. The molecule has 1 aliphatic rings. The molecular formula is C23H19N9O3. The molecule has 1 aromatic carbocycles. The molecule has 0 bridgehead atoms. The molecule has 1 fully saturated rings. The average molecular weight is 469 g/mol. The predicted octanol–water partition coefficient (Wildman–Crippen LogP) is 0.500. The third-order valence-electron chi connectivity index (χ3n) is 5.55. The largest absolute Gasteiger partial charge is 0.493 e. The SMILES string of the molecule is O=C(Nc1cc(=NC2CC2)n2ncc(=Cc3[nH]c(=O)[nH]c3O)c2n1)c1ccc(-n2ccnc2)cc1. The van der Waals surface area contributed by atoms with Gasteiger partial charge in [0.1, 0.15) is 11.5 Å². The number of carbonyl (C=O) groups excluding carboxylic acids is 1. The van der Waals surface area contributed by atoms with Crippen LogP contribution >= 0.6 is 0 Å². The molecule has 12 nitrogen and oxygen atoms in total. The van der Waals surface area contributed by atoms with Crippen LogP contribution in [0.2, 0.25) is 0 Å². The fourth-order valence-corrected chi connectivity index (χ4v) is 3.65. The molecule has 1 amide bonds. The highest BCUT2D eigenvalue weighted by Gasteiger charge is 2.20. The van der Waals surface area contributed by atoms with E-state index in [2.05, 4.69) is 30.4 Å². The number of rotatable bonds is 5. The zero-order valence-electron chi connectivity index (χ0n) is 18.2. The molecule has 6 rings (SSSR count). The van der Waals surface area contributed by atoms with Gasteiger partial charge in [0.05, 0.1) is 18.6 Å². The Bertz CT molecular complexity index is 1720. The molecular weight excluding hydrogens is 450 g/mol. The van der Waals surface area contributed by atoms with Gasteiger partial charge >= 0.3 is 5.69 Å². The third kappa shape index (κ3) is 4.08. The third-order valence-corrected chi connectivity index (χ3v) is 5.55. The summed E-state index contributed by atoms with van der Waals surface area (Å²) in [6.45, 7) is 0. The summed E-state index contributed by atoms with van der Waals surface area (Å²) in [6, 6.07) is 8.99. The van der Waals surface area contributed by atoms with Crippen molar-refractivity contribution in [1.29, 1.82) is 0 Å². The molecule has 0 spiro atoms. The second-order valence-electron chi connectivity index (χ2n) is 8.15. The molecule has 4 N–H and O–H groups in total. The lowest BCUT2D eigenvalue weighted by atomic mass is 10.2. The summed E-state index contributed by atoms with van der Waals surface area (Å²) in [6.07, 6.45) is 10.3. The number of fused-ring (bicyclic) bond motifs is 1. The van der Waals surface area contributed by atoms with Crippen molar-refractivity contribution in [2.45, 2.75) is 18.9 Å². The normalized spacial score (nSPS) is 14.6. The highest BCUT2D eigenvalue weighted by atomic mass is 16.3. The number of hydrogen-bond donors (Lipinski definition) is 4. The number of nitrogens with zero attached hydrogens (tertiary/aromatic N) is 6. The Labute approximate surface area is 196 Å². The Morgan fingerprint density at radius 1 is 1.23 bits per heavy atom. The number of nitrogens with one attached hydrogen (secondary N) is 3. The van der Waals surface area contributed by atoms with Crippen LogP contribution in [0.25, 0.3) is 17.4 Å². The molecule has 35 heavy (non-hydrogen) atoms. The number of benzene rings is 1. The van der Waals surface area contributed by atoms with Gasteiger partial charge in [0.25, 0.3) is 5.91 Å². The van der Waals surface area contributed by atoms with Gasteiger partial charge in [0.15, 0.2) is 11.1 Å². The van der Waals surface area contributed by atoms with E-state index in [1.807, 2.05) is 22.9 Å². The second kappa shape index (κ2) is 8.09. The van der Waals surface area contributed by atoms with Crippen LogP contribution in [0.4, 0.5) is 5.82 Å². The van der Waals surface area contributed by atoms with Gasteiger partial charge in [-0.3, -0.25) is 14.8 Å². The number of hydrogen-bond acceptors (Lipinski definition) is 7. The minimum absolute atomic E-state index is 0.194.